The summed E-state index contributed by atoms with van der Waals surface area (Å²) in [6.45, 7) is 3.00. The number of ether oxygens (including phenoxy) is 1. The highest BCUT2D eigenvalue weighted by molar-refractivity contribution is 9.10. The maximum atomic E-state index is 11.9. The van der Waals surface area contributed by atoms with Gasteiger partial charge in [-0.05, 0) is 59.6 Å². The highest BCUT2D eigenvalue weighted by atomic mass is 79.9. The van der Waals surface area contributed by atoms with Crippen molar-refractivity contribution < 1.29 is 4.74 Å². The number of nitrogen functional groups attached to an aromatic ring is 1. The second kappa shape index (κ2) is 6.61. The van der Waals surface area contributed by atoms with Crippen molar-refractivity contribution in [2.45, 2.75) is 19.9 Å². The Morgan fingerprint density at radius 3 is 2.70 bits per heavy atom. The first kappa shape index (κ1) is 14.7. The fraction of sp³-hybridized carbons (Fsp3) is 0.267. The van der Waals surface area contributed by atoms with E-state index in [1.807, 2.05) is 25.1 Å². The number of benzene rings is 1. The number of aromatic nitrogens is 1. The van der Waals surface area contributed by atoms with E-state index in [1.165, 1.54) is 0 Å². The van der Waals surface area contributed by atoms with Crippen molar-refractivity contribution in [3.63, 3.8) is 0 Å². The van der Waals surface area contributed by atoms with E-state index in [0.717, 1.165) is 22.2 Å². The Hall–Kier alpha value is -1.75. The fourth-order valence-corrected chi connectivity index (χ4v) is 2.49. The van der Waals surface area contributed by atoms with Crippen LogP contribution in [0.15, 0.2) is 45.8 Å². The Balaban J connectivity index is 1.87. The third-order valence-corrected chi connectivity index (χ3v) is 3.36. The number of nitrogens with zero attached hydrogens (tertiary/aromatic N) is 1. The van der Waals surface area contributed by atoms with Crippen molar-refractivity contribution in [3.05, 3.63) is 56.9 Å². The zero-order valence-corrected chi connectivity index (χ0v) is 12.9. The van der Waals surface area contributed by atoms with Gasteiger partial charge in [0.1, 0.15) is 5.75 Å². The SMILES string of the molecule is Cc1cc(Br)cn(CCCOc2ccc(N)cc2)c1=O. The van der Waals surface area contributed by atoms with Crippen molar-refractivity contribution in [2.24, 2.45) is 0 Å². The first-order valence-electron chi connectivity index (χ1n) is 6.41. The number of aryl methyl sites for hydroxylation is 2. The summed E-state index contributed by atoms with van der Waals surface area (Å²) in [7, 11) is 0. The van der Waals surface area contributed by atoms with Crippen molar-refractivity contribution in [1.29, 1.82) is 0 Å². The van der Waals surface area contributed by atoms with Crippen LogP contribution in [-0.2, 0) is 6.54 Å². The van der Waals surface area contributed by atoms with Gasteiger partial charge in [-0.25, -0.2) is 0 Å². The largest absolute Gasteiger partial charge is 0.494 e. The highest BCUT2D eigenvalue weighted by Gasteiger charge is 2.02. The van der Waals surface area contributed by atoms with Gasteiger partial charge in [0, 0.05) is 28.5 Å². The molecule has 1 aromatic carbocycles. The maximum absolute atomic E-state index is 11.9. The topological polar surface area (TPSA) is 57.2 Å². The lowest BCUT2D eigenvalue weighted by Gasteiger charge is -2.09. The third-order valence-electron chi connectivity index (χ3n) is 2.92. The minimum atomic E-state index is 0.0423. The smallest absolute Gasteiger partial charge is 0.253 e. The molecule has 106 valence electrons. The normalized spacial score (nSPS) is 10.5. The molecule has 1 heterocycles. The van der Waals surface area contributed by atoms with E-state index in [9.17, 15) is 4.79 Å². The third kappa shape index (κ3) is 3.87. The Bertz CT molecular complexity index is 635. The molecule has 2 N–H and O–H groups in total. The van der Waals surface area contributed by atoms with Gasteiger partial charge in [-0.2, -0.15) is 0 Å². The number of rotatable bonds is 5. The van der Waals surface area contributed by atoms with Crippen LogP contribution in [0.3, 0.4) is 0 Å². The van der Waals surface area contributed by atoms with Crippen LogP contribution >= 0.6 is 15.9 Å². The van der Waals surface area contributed by atoms with Crippen molar-refractivity contribution >= 4 is 21.6 Å². The monoisotopic (exact) mass is 336 g/mol. The van der Waals surface area contributed by atoms with E-state index < -0.39 is 0 Å². The summed E-state index contributed by atoms with van der Waals surface area (Å²) in [4.78, 5) is 11.9. The number of nitrogens with two attached hydrogens (primary N) is 1. The Labute approximate surface area is 126 Å². The molecule has 2 rings (SSSR count). The van der Waals surface area contributed by atoms with Gasteiger partial charge in [-0.3, -0.25) is 4.79 Å². The molecule has 20 heavy (non-hydrogen) atoms. The molecule has 1 aromatic heterocycles. The van der Waals surface area contributed by atoms with Crippen LogP contribution in [0.1, 0.15) is 12.0 Å². The van der Waals surface area contributed by atoms with E-state index in [-0.39, 0.29) is 5.56 Å². The summed E-state index contributed by atoms with van der Waals surface area (Å²) in [6, 6.07) is 9.11. The summed E-state index contributed by atoms with van der Waals surface area (Å²) in [5.41, 5.74) is 7.10. The lowest BCUT2D eigenvalue weighted by molar-refractivity contribution is 0.301. The molecule has 0 saturated carbocycles. The van der Waals surface area contributed by atoms with Gasteiger partial charge < -0.3 is 15.0 Å². The van der Waals surface area contributed by atoms with Crippen molar-refractivity contribution in [1.82, 2.24) is 4.57 Å². The van der Waals surface area contributed by atoms with E-state index in [2.05, 4.69) is 15.9 Å². The standard InChI is InChI=1S/C15H17BrN2O2/c1-11-9-12(16)10-18(15(11)19)7-2-8-20-14-5-3-13(17)4-6-14/h3-6,9-10H,2,7-8,17H2,1H3. The molecule has 0 radical (unpaired) electrons. The molecule has 0 saturated heterocycles. The minimum absolute atomic E-state index is 0.0423. The first-order chi connectivity index (χ1) is 9.56. The van der Waals surface area contributed by atoms with Gasteiger partial charge in [0.25, 0.3) is 5.56 Å². The molecule has 5 heteroatoms. The zero-order chi connectivity index (χ0) is 14.5. The average Bonchev–Trinajstić information content (AvgIpc) is 2.42. The molecular weight excluding hydrogens is 320 g/mol. The van der Waals surface area contributed by atoms with Gasteiger partial charge in [0.05, 0.1) is 6.61 Å². The maximum Gasteiger partial charge on any atom is 0.253 e. The van der Waals surface area contributed by atoms with Crippen LogP contribution in [0.25, 0.3) is 0 Å². The second-order valence-electron chi connectivity index (χ2n) is 4.61. The van der Waals surface area contributed by atoms with Gasteiger partial charge in [0.15, 0.2) is 0 Å². The summed E-state index contributed by atoms with van der Waals surface area (Å²) >= 11 is 3.40. The molecule has 0 fully saturated rings. The van der Waals surface area contributed by atoms with Crippen LogP contribution in [0.2, 0.25) is 0 Å². The van der Waals surface area contributed by atoms with E-state index in [4.69, 9.17) is 10.5 Å². The molecule has 0 amide bonds. The zero-order valence-electron chi connectivity index (χ0n) is 11.3. The summed E-state index contributed by atoms with van der Waals surface area (Å²) in [5.74, 6) is 0.789. The molecule has 0 aliphatic carbocycles. The van der Waals surface area contributed by atoms with Gasteiger partial charge in [-0.1, -0.05) is 0 Å². The van der Waals surface area contributed by atoms with Gasteiger partial charge in [0.2, 0.25) is 0 Å². The molecule has 2 aromatic rings. The lowest BCUT2D eigenvalue weighted by atomic mass is 10.3. The Kier molecular flexibility index (Phi) is 4.84. The number of anilines is 1. The molecule has 0 aliphatic rings. The van der Waals surface area contributed by atoms with Crippen LogP contribution in [0.5, 0.6) is 5.75 Å². The van der Waals surface area contributed by atoms with Crippen LogP contribution < -0.4 is 16.0 Å². The molecule has 0 atom stereocenters. The summed E-state index contributed by atoms with van der Waals surface area (Å²) in [5, 5.41) is 0. The number of pyridine rings is 1. The highest BCUT2D eigenvalue weighted by Crippen LogP contribution is 2.13. The molecule has 0 bridgehead atoms. The quantitative estimate of drug-likeness (QED) is 0.674. The van der Waals surface area contributed by atoms with Crippen molar-refractivity contribution in [2.75, 3.05) is 12.3 Å². The number of hydrogen-bond donors (Lipinski definition) is 1. The average molecular weight is 337 g/mol. The molecule has 0 unspecified atom stereocenters. The van der Waals surface area contributed by atoms with E-state index in [1.54, 1.807) is 22.9 Å². The minimum Gasteiger partial charge on any atom is -0.494 e. The van der Waals surface area contributed by atoms with Crippen LogP contribution in [0.4, 0.5) is 5.69 Å². The van der Waals surface area contributed by atoms with Gasteiger partial charge >= 0.3 is 0 Å². The van der Waals surface area contributed by atoms with Crippen LogP contribution in [0, 0.1) is 6.92 Å². The number of halogens is 1. The predicted molar refractivity (Wildman–Crippen MR) is 84.1 cm³/mol. The van der Waals surface area contributed by atoms with E-state index in [0.29, 0.717) is 18.8 Å². The van der Waals surface area contributed by atoms with Gasteiger partial charge in [-0.15, -0.1) is 0 Å². The summed E-state index contributed by atoms with van der Waals surface area (Å²) < 4.78 is 8.21. The van der Waals surface area contributed by atoms with E-state index >= 15 is 0 Å². The lowest BCUT2D eigenvalue weighted by Crippen LogP contribution is -2.22. The molecule has 0 spiro atoms. The van der Waals surface area contributed by atoms with Crippen molar-refractivity contribution in [3.8, 4) is 5.75 Å². The molecule has 0 aliphatic heterocycles. The Morgan fingerprint density at radius 2 is 2.00 bits per heavy atom. The second-order valence-corrected chi connectivity index (χ2v) is 5.53. The first-order valence-corrected chi connectivity index (χ1v) is 7.20. The fourth-order valence-electron chi connectivity index (χ4n) is 1.89. The summed E-state index contributed by atoms with van der Waals surface area (Å²) in [6.07, 6.45) is 2.57. The number of hydrogen-bond acceptors (Lipinski definition) is 3. The Morgan fingerprint density at radius 1 is 1.30 bits per heavy atom. The van der Waals surface area contributed by atoms with Crippen LogP contribution in [-0.4, -0.2) is 11.2 Å². The predicted octanol–water partition coefficient (Wildman–Crippen LogP) is 2.97. The molecule has 4 nitrogen and oxygen atoms in total. The molecular formula is C15H17BrN2O2.